The fraction of sp³-hybridized carbons (Fsp3) is 0. The zero-order valence-electron chi connectivity index (χ0n) is 31.7. The molecule has 0 aliphatic carbocycles. The van der Waals surface area contributed by atoms with E-state index in [1.54, 1.807) is 0 Å². The lowest BCUT2D eigenvalue weighted by Gasteiger charge is -2.28. The van der Waals surface area contributed by atoms with Crippen LogP contribution in [0.2, 0.25) is 0 Å². The summed E-state index contributed by atoms with van der Waals surface area (Å²) in [6, 6.07) is 80.8. The first-order valence-electron chi connectivity index (χ1n) is 19.8. The van der Waals surface area contributed by atoms with Crippen molar-refractivity contribution in [1.29, 1.82) is 0 Å². The van der Waals surface area contributed by atoms with Gasteiger partial charge < -0.3 is 9.32 Å². The normalized spacial score (nSPS) is 11.4. The molecule has 10 aromatic carbocycles. The Labute approximate surface area is 337 Å². The summed E-state index contributed by atoms with van der Waals surface area (Å²) in [5, 5.41) is 7.26. The van der Waals surface area contributed by atoms with Crippen molar-refractivity contribution in [3.05, 3.63) is 224 Å². The predicted molar refractivity (Wildman–Crippen MR) is 245 cm³/mol. The standard InChI is InChI=1S/C56H37NO/c1-3-12-44-36-46(26-22-38(44)10-1)40-20-24-42(25-21-40)50-14-5-7-17-53(50)57(48-32-28-41(29-33-48)47-27-23-39-11-2-4-13-45(39)37-47)49-34-30-43(31-35-49)51-16-9-19-55-56(51)52-15-6-8-18-54(52)58-55/h1-37H. The van der Waals surface area contributed by atoms with Crippen LogP contribution in [0.4, 0.5) is 17.1 Å². The lowest BCUT2D eigenvalue weighted by molar-refractivity contribution is 0.669. The van der Waals surface area contributed by atoms with Gasteiger partial charge in [-0.15, -0.1) is 0 Å². The molecule has 272 valence electrons. The predicted octanol–water partition coefficient (Wildman–Crippen LogP) is 16.0. The Bertz CT molecular complexity index is 3270. The van der Waals surface area contributed by atoms with E-state index < -0.39 is 0 Å². The van der Waals surface area contributed by atoms with Gasteiger partial charge in [-0.1, -0.05) is 170 Å². The molecule has 1 heterocycles. The van der Waals surface area contributed by atoms with E-state index in [2.05, 4.69) is 217 Å². The molecule has 58 heavy (non-hydrogen) atoms. The molecule has 2 heteroatoms. The molecule has 11 rings (SSSR count). The summed E-state index contributed by atoms with van der Waals surface area (Å²) in [5.74, 6) is 0. The summed E-state index contributed by atoms with van der Waals surface area (Å²) in [5.41, 5.74) is 14.5. The number of hydrogen-bond donors (Lipinski definition) is 0. The molecule has 0 spiro atoms. The van der Waals surface area contributed by atoms with Crippen LogP contribution in [0.25, 0.3) is 88.0 Å². The van der Waals surface area contributed by atoms with Crippen LogP contribution in [0, 0.1) is 0 Å². The van der Waals surface area contributed by atoms with Crippen molar-refractivity contribution < 1.29 is 4.42 Å². The van der Waals surface area contributed by atoms with Gasteiger partial charge >= 0.3 is 0 Å². The van der Waals surface area contributed by atoms with Crippen LogP contribution in [-0.4, -0.2) is 0 Å². The molecule has 0 bridgehead atoms. The fourth-order valence-corrected chi connectivity index (χ4v) is 8.53. The van der Waals surface area contributed by atoms with Gasteiger partial charge in [0.05, 0.1) is 5.69 Å². The van der Waals surface area contributed by atoms with E-state index in [0.717, 1.165) is 61.3 Å². The highest BCUT2D eigenvalue weighted by molar-refractivity contribution is 6.12. The Balaban J connectivity index is 1.01. The minimum absolute atomic E-state index is 0.900. The molecule has 1 aromatic heterocycles. The maximum Gasteiger partial charge on any atom is 0.136 e. The van der Waals surface area contributed by atoms with Crippen molar-refractivity contribution in [2.75, 3.05) is 4.90 Å². The lowest BCUT2D eigenvalue weighted by Crippen LogP contribution is -2.11. The molecule has 0 saturated carbocycles. The van der Waals surface area contributed by atoms with Gasteiger partial charge in [0.25, 0.3) is 0 Å². The summed E-state index contributed by atoms with van der Waals surface area (Å²) < 4.78 is 6.25. The minimum atomic E-state index is 0.900. The number of fused-ring (bicyclic) bond motifs is 5. The molecule has 0 saturated heterocycles. The Kier molecular flexibility index (Phi) is 8.19. The number of benzene rings is 10. The SMILES string of the molecule is c1ccc(N(c2ccc(-c3ccc4ccccc4c3)cc2)c2ccc(-c3cccc4oc5ccccc5c34)cc2)c(-c2ccc(-c3ccc4ccccc4c3)cc2)c1. The average molecular weight is 740 g/mol. The summed E-state index contributed by atoms with van der Waals surface area (Å²) >= 11 is 0. The van der Waals surface area contributed by atoms with Crippen molar-refractivity contribution in [3.63, 3.8) is 0 Å². The minimum Gasteiger partial charge on any atom is -0.456 e. The van der Waals surface area contributed by atoms with Gasteiger partial charge in [0.15, 0.2) is 0 Å². The molecule has 0 aliphatic heterocycles. The maximum atomic E-state index is 6.25. The number of anilines is 3. The van der Waals surface area contributed by atoms with Gasteiger partial charge in [-0.2, -0.15) is 0 Å². The lowest BCUT2D eigenvalue weighted by atomic mass is 9.96. The number of nitrogens with zero attached hydrogens (tertiary/aromatic N) is 1. The molecule has 0 radical (unpaired) electrons. The third-order valence-corrected chi connectivity index (χ3v) is 11.5. The van der Waals surface area contributed by atoms with Gasteiger partial charge in [-0.25, -0.2) is 0 Å². The van der Waals surface area contributed by atoms with E-state index in [-0.39, 0.29) is 0 Å². The number of para-hydroxylation sites is 2. The third kappa shape index (κ3) is 6.00. The van der Waals surface area contributed by atoms with Crippen LogP contribution in [0.3, 0.4) is 0 Å². The maximum absolute atomic E-state index is 6.25. The van der Waals surface area contributed by atoms with Gasteiger partial charge in [-0.3, -0.25) is 0 Å². The van der Waals surface area contributed by atoms with E-state index in [1.807, 2.05) is 12.1 Å². The molecular weight excluding hydrogens is 703 g/mol. The zero-order valence-corrected chi connectivity index (χ0v) is 31.7. The molecule has 0 fully saturated rings. The largest absolute Gasteiger partial charge is 0.456 e. The Hall–Kier alpha value is -7.68. The van der Waals surface area contributed by atoms with Crippen LogP contribution in [0.15, 0.2) is 229 Å². The molecule has 0 aliphatic rings. The Morgan fingerprint density at radius 2 is 0.741 bits per heavy atom. The first-order chi connectivity index (χ1) is 28.7. The highest BCUT2D eigenvalue weighted by Crippen LogP contribution is 2.43. The second kappa shape index (κ2) is 14.1. The van der Waals surface area contributed by atoms with Gasteiger partial charge in [0.1, 0.15) is 11.2 Å². The highest BCUT2D eigenvalue weighted by Gasteiger charge is 2.19. The van der Waals surface area contributed by atoms with Gasteiger partial charge in [-0.05, 0) is 115 Å². The fourth-order valence-electron chi connectivity index (χ4n) is 8.53. The Morgan fingerprint density at radius 1 is 0.293 bits per heavy atom. The summed E-state index contributed by atoms with van der Waals surface area (Å²) in [6.45, 7) is 0. The average Bonchev–Trinajstić information content (AvgIpc) is 3.69. The van der Waals surface area contributed by atoms with E-state index in [9.17, 15) is 0 Å². The van der Waals surface area contributed by atoms with Crippen LogP contribution in [0.5, 0.6) is 0 Å². The first kappa shape index (κ1) is 33.6. The van der Waals surface area contributed by atoms with Crippen molar-refractivity contribution >= 4 is 60.5 Å². The topological polar surface area (TPSA) is 16.4 Å². The van der Waals surface area contributed by atoms with Crippen LogP contribution in [0.1, 0.15) is 0 Å². The van der Waals surface area contributed by atoms with E-state index in [1.165, 1.54) is 43.8 Å². The van der Waals surface area contributed by atoms with E-state index >= 15 is 0 Å². The Morgan fingerprint density at radius 3 is 1.40 bits per heavy atom. The van der Waals surface area contributed by atoms with Gasteiger partial charge in [0.2, 0.25) is 0 Å². The number of hydrogen-bond acceptors (Lipinski definition) is 2. The number of rotatable bonds is 7. The molecule has 0 unspecified atom stereocenters. The summed E-state index contributed by atoms with van der Waals surface area (Å²) in [6.07, 6.45) is 0. The second-order valence-corrected chi connectivity index (χ2v) is 14.9. The first-order valence-corrected chi connectivity index (χ1v) is 19.8. The van der Waals surface area contributed by atoms with Crippen molar-refractivity contribution in [3.8, 4) is 44.5 Å². The van der Waals surface area contributed by atoms with Crippen molar-refractivity contribution in [2.24, 2.45) is 0 Å². The molecule has 11 aromatic rings. The van der Waals surface area contributed by atoms with Crippen molar-refractivity contribution in [1.82, 2.24) is 0 Å². The van der Waals surface area contributed by atoms with Crippen LogP contribution < -0.4 is 4.90 Å². The molecular formula is C56H37NO. The second-order valence-electron chi connectivity index (χ2n) is 14.9. The molecule has 0 N–H and O–H groups in total. The third-order valence-electron chi connectivity index (χ3n) is 11.5. The summed E-state index contributed by atoms with van der Waals surface area (Å²) in [7, 11) is 0. The summed E-state index contributed by atoms with van der Waals surface area (Å²) in [4.78, 5) is 2.38. The highest BCUT2D eigenvalue weighted by atomic mass is 16.3. The zero-order chi connectivity index (χ0) is 38.4. The van der Waals surface area contributed by atoms with Crippen molar-refractivity contribution in [2.45, 2.75) is 0 Å². The van der Waals surface area contributed by atoms with Gasteiger partial charge in [0, 0.05) is 27.7 Å². The van der Waals surface area contributed by atoms with E-state index in [0.29, 0.717) is 0 Å². The molecule has 2 nitrogen and oxygen atoms in total. The van der Waals surface area contributed by atoms with Crippen LogP contribution in [-0.2, 0) is 0 Å². The van der Waals surface area contributed by atoms with E-state index in [4.69, 9.17) is 4.42 Å². The molecule has 0 atom stereocenters. The number of furan rings is 1. The smallest absolute Gasteiger partial charge is 0.136 e. The van der Waals surface area contributed by atoms with Crippen LogP contribution >= 0.6 is 0 Å². The monoisotopic (exact) mass is 739 g/mol. The quantitative estimate of drug-likeness (QED) is 0.162. The molecule has 0 amide bonds.